The number of rotatable bonds is 23. The van der Waals surface area contributed by atoms with Crippen LogP contribution in [0.1, 0.15) is 18.4 Å². The molecule has 51 atom stereocenters. The summed E-state index contributed by atoms with van der Waals surface area (Å²) in [5.74, 6) is -3.73. The topological polar surface area (TPSA) is 890 Å². The second kappa shape index (κ2) is 45.2. The zero-order valence-electron chi connectivity index (χ0n) is 67.8. The van der Waals surface area contributed by atoms with Crippen molar-refractivity contribution in [3.05, 3.63) is 29.8 Å². The summed E-state index contributed by atoms with van der Waals surface area (Å²) in [6, 6.07) is 3.22. The van der Waals surface area contributed by atoms with Crippen LogP contribution in [0.3, 0.4) is 0 Å². The molecule has 0 radical (unpaired) electrons. The number of ether oxygens (including phenoxy) is 19. The number of hydrogen-bond acceptors (Lipinski definition) is 53. The maximum Gasteiger partial charge on any atom is 0.244 e. The second-order valence-corrected chi connectivity index (χ2v) is 32.7. The zero-order chi connectivity index (χ0) is 93.9. The van der Waals surface area contributed by atoms with Gasteiger partial charge in [-0.3, -0.25) is 14.4 Å². The summed E-state index contributed by atoms with van der Waals surface area (Å²) < 4.78 is 110. The Hall–Kier alpha value is -4.53. The summed E-state index contributed by atoms with van der Waals surface area (Å²) in [6.45, 7) is -10.8. The van der Waals surface area contributed by atoms with Crippen molar-refractivity contribution in [2.45, 2.75) is 332 Å². The average Bonchev–Trinajstić information content (AvgIpc) is 0.912. The minimum Gasteiger partial charge on any atom is -0.508 e. The number of nitrogens with one attached hydrogen (secondary N) is 3. The maximum atomic E-state index is 14.7. The van der Waals surface area contributed by atoms with E-state index in [-0.39, 0.29) is 11.3 Å². The SMILES string of the molecule is O=C(CCC(=O)N[C@@H](Cc1ccc(O)cc1)C(=O)N[C@@H]1O[C@H](CO[C@H]2O[C@H](CO)[C@@H](O)[C@H](O)[C@@H]2O)[C@@H](O)[C@H](O[C@H]2O[C@H](CO)[C@@H](O)[C@H](O)[C@@H]2O)[C@@H]1O)NC[C@H]1O[C@@H]2O[C@H]3[C@H](O)[C@@H](O)[C@@H](O[C@H]4[C@H](O)[C@@H](O)[C@@H](O[C@H]5[C@H](O)[C@@H](O)[C@@H](O[C@H]6[C@H](O)[C@@H](O)[C@@H](O[C@H]7[C@H](O)[C@@H](O)[C@@H](O[C@H]8[C@H](O)[C@@H](O)[C@@H](O[C@H]1[C@H](O)[C@H]2O)O[C@@H]8CO)O[C@@H]7CO)O[C@@H]6CO)O[C@@H]5CO)O[C@@H]4CO)O[C@@H]3CO. The summed E-state index contributed by atoms with van der Waals surface area (Å²) in [5, 5.41) is 351. The summed E-state index contributed by atoms with van der Waals surface area (Å²) in [4.78, 5) is 43.0. The molecule has 1 aromatic rings. The van der Waals surface area contributed by atoms with Crippen LogP contribution < -0.4 is 16.0 Å². The first kappa shape index (κ1) is 103. The molecule has 56 nitrogen and oxygen atoms in total. The van der Waals surface area contributed by atoms with E-state index in [9.17, 15) is 173 Å². The first-order valence-electron chi connectivity index (χ1n) is 41.2. The van der Waals surface area contributed by atoms with Crippen molar-refractivity contribution in [2.24, 2.45) is 0 Å². The van der Waals surface area contributed by atoms with Crippen LogP contribution >= 0.6 is 0 Å². The molecule has 1 aromatic carbocycles. The second-order valence-electron chi connectivity index (χ2n) is 32.7. The molecule has 24 heterocycles. The van der Waals surface area contributed by atoms with Crippen molar-refractivity contribution in [2.75, 3.05) is 66.0 Å². The smallest absolute Gasteiger partial charge is 0.244 e. The Morgan fingerprint density at radius 3 is 0.938 bits per heavy atom. The van der Waals surface area contributed by atoms with E-state index >= 15 is 0 Å². The van der Waals surface area contributed by atoms with Crippen molar-refractivity contribution >= 4 is 17.7 Å². The van der Waals surface area contributed by atoms with Crippen LogP contribution in [0.2, 0.25) is 0 Å². The normalized spacial score (nSPS) is 48.7. The van der Waals surface area contributed by atoms with Gasteiger partial charge >= 0.3 is 0 Å². The molecule has 25 rings (SSSR count). The Morgan fingerprint density at radius 2 is 0.605 bits per heavy atom. The lowest BCUT2D eigenvalue weighted by molar-refractivity contribution is -0.396. The van der Waals surface area contributed by atoms with E-state index in [1.54, 1.807) is 0 Å². The largest absolute Gasteiger partial charge is 0.508 e. The average molecular weight is 1880 g/mol. The first-order chi connectivity index (χ1) is 61.3. The minimum atomic E-state index is -2.47. The summed E-state index contributed by atoms with van der Waals surface area (Å²) in [6.07, 6.45) is -108. The van der Waals surface area contributed by atoms with Gasteiger partial charge in [0.1, 0.15) is 256 Å². The molecule has 0 aromatic heterocycles. The van der Waals surface area contributed by atoms with E-state index in [2.05, 4.69) is 16.0 Å². The van der Waals surface area contributed by atoms with E-state index in [0.717, 1.165) is 0 Å². The molecule has 14 bridgehead atoms. The Kier molecular flexibility index (Phi) is 36.2. The molecule has 0 saturated carbocycles. The van der Waals surface area contributed by atoms with E-state index in [0.29, 0.717) is 0 Å². The lowest BCUT2D eigenvalue weighted by Gasteiger charge is -2.50. The van der Waals surface area contributed by atoms with E-state index in [1.807, 2.05) is 0 Å². The fourth-order valence-corrected chi connectivity index (χ4v) is 16.6. The molecule has 0 spiro atoms. The van der Waals surface area contributed by atoms with E-state index in [1.165, 1.54) is 24.3 Å². The first-order valence-corrected chi connectivity index (χ1v) is 41.2. The third-order valence-electron chi connectivity index (χ3n) is 24.1. The number of phenols is 1. The third kappa shape index (κ3) is 22.5. The number of carbonyl (C=O) groups excluding carboxylic acids is 3. The number of amides is 3. The molecular weight excluding hydrogens is 1770 g/mol. The predicted molar refractivity (Wildman–Crippen MR) is 395 cm³/mol. The van der Waals surface area contributed by atoms with Gasteiger partial charge in [-0.25, -0.2) is 0 Å². The monoisotopic (exact) mass is 1880 g/mol. The highest BCUT2D eigenvalue weighted by Gasteiger charge is 2.62. The van der Waals surface area contributed by atoms with Crippen molar-refractivity contribution in [1.82, 2.24) is 16.0 Å². The molecule has 24 aliphatic heterocycles. The molecule has 3 amide bonds. The summed E-state index contributed by atoms with van der Waals surface area (Å²) >= 11 is 0. The van der Waals surface area contributed by atoms with Gasteiger partial charge in [-0.1, -0.05) is 12.1 Å². The van der Waals surface area contributed by atoms with Gasteiger partial charge in [-0.15, -0.1) is 0 Å². The lowest BCUT2D eigenvalue weighted by atomic mass is 9.95. The van der Waals surface area contributed by atoms with Gasteiger partial charge in [0.05, 0.1) is 59.5 Å². The molecule has 0 unspecified atom stereocenters. The highest BCUT2D eigenvalue weighted by molar-refractivity contribution is 5.89. The Labute approximate surface area is 728 Å². The molecule has 34 N–H and O–H groups in total. The quantitative estimate of drug-likeness (QED) is 0.0484. The highest BCUT2D eigenvalue weighted by Crippen LogP contribution is 2.41. The van der Waals surface area contributed by atoms with Gasteiger partial charge in [0.15, 0.2) is 62.8 Å². The molecule has 24 fully saturated rings. The van der Waals surface area contributed by atoms with Crippen LogP contribution in [0.25, 0.3) is 0 Å². The lowest BCUT2D eigenvalue weighted by Crippen LogP contribution is -2.68. The fourth-order valence-electron chi connectivity index (χ4n) is 16.6. The van der Waals surface area contributed by atoms with Gasteiger partial charge in [0.25, 0.3) is 0 Å². The molecule has 56 heteroatoms. The van der Waals surface area contributed by atoms with Crippen LogP contribution in [0.5, 0.6) is 5.75 Å². The zero-order valence-corrected chi connectivity index (χ0v) is 67.8. The van der Waals surface area contributed by atoms with Crippen molar-refractivity contribution in [3.63, 3.8) is 0 Å². The number of benzene rings is 1. The molecule has 24 aliphatic rings. The number of aliphatic hydroxyl groups excluding tert-OH is 30. The Bertz CT molecular complexity index is 3640. The number of aromatic hydroxyl groups is 1. The van der Waals surface area contributed by atoms with Crippen molar-refractivity contribution < 1.29 is 263 Å². The number of hydrogen-bond donors (Lipinski definition) is 34. The minimum absolute atomic E-state index is 0.215. The standard InChI is InChI=1S/C73H115N3O53/c77-9-22-33(88)36(91)45(100)65(114-22)111-17-30-35(90)62(129-66-46(101)37(92)34(89)23(10-78)115-66)54(109)64(112-30)76-63(110)20(7-18-1-3-19(85)4-2-18)75-32(87)6-5-31(86)74-8-21-55-38(93)47(102)67(113-21)123-56-24(11-79)117-69(49(104)40(56)95)125-58-26(13-81)119-71(51(106)42(58)97)127-60-28(15-83)121-73(53(108)44(60)99)128-61-29(16-84)120-72(52(107)43(61)98)126-59-27(14-82)118-70(50(105)41(59)96)124-57-25(12-80)116-68(122-55)48(103)39(57)94/h1-4,20-30,33-62,64-73,77-85,88-109H,5-17H2,(H,74,86)(H,75,87)(H,76,110)/t20-,21+,22+,23+,24+,25+,26+,27+,28+,29+,30+,33+,34+,35+,36-,37-,38+,39+,40+,41+,42+,43+,44+,45-,46-,47+,48+,49+,50+,51+,52+,53+,54-,55+,56+,57+,58+,59+,60+,61+,62-,64+,65-,66+,67+,68+,69+,70+,71+,72+,73+/m0/s1. The van der Waals surface area contributed by atoms with Crippen LogP contribution in [0.15, 0.2) is 24.3 Å². The number of phenolic OH excluding ortho intramolecular Hbond substituents is 1. The van der Waals surface area contributed by atoms with Crippen molar-refractivity contribution in [3.8, 4) is 5.75 Å². The summed E-state index contributed by atoms with van der Waals surface area (Å²) in [7, 11) is 0. The van der Waals surface area contributed by atoms with Gasteiger partial charge in [0.2, 0.25) is 17.7 Å². The van der Waals surface area contributed by atoms with Gasteiger partial charge in [0, 0.05) is 25.8 Å². The van der Waals surface area contributed by atoms with Crippen LogP contribution in [0, 0.1) is 0 Å². The number of carbonyl (C=O) groups is 3. The van der Waals surface area contributed by atoms with Gasteiger partial charge < -0.3 is 264 Å². The molecular formula is C73H115N3O53. The predicted octanol–water partition coefficient (Wildman–Crippen LogP) is -22.3. The molecule has 0 aliphatic carbocycles. The number of aliphatic hydroxyl groups is 30. The van der Waals surface area contributed by atoms with E-state index in [4.69, 9.17) is 90.0 Å². The third-order valence-corrected chi connectivity index (χ3v) is 24.1. The maximum absolute atomic E-state index is 14.7. The molecule has 129 heavy (non-hydrogen) atoms. The highest BCUT2D eigenvalue weighted by atomic mass is 16.8. The van der Waals surface area contributed by atoms with Gasteiger partial charge in [-0.2, -0.15) is 0 Å². The molecule has 24 saturated heterocycles. The molecule has 740 valence electrons. The summed E-state index contributed by atoms with van der Waals surface area (Å²) in [5.41, 5.74) is 0.215. The fraction of sp³-hybridized carbons (Fsp3) is 0.877. The van der Waals surface area contributed by atoms with Crippen LogP contribution in [0.4, 0.5) is 0 Å². The van der Waals surface area contributed by atoms with E-state index < -0.39 is 416 Å². The van der Waals surface area contributed by atoms with Crippen LogP contribution in [-0.2, 0) is 111 Å². The van der Waals surface area contributed by atoms with Gasteiger partial charge in [-0.05, 0) is 17.7 Å². The van der Waals surface area contributed by atoms with Crippen LogP contribution in [-0.4, -0.2) is 555 Å². The van der Waals surface area contributed by atoms with Crippen molar-refractivity contribution in [1.29, 1.82) is 0 Å². The Morgan fingerprint density at radius 1 is 0.302 bits per heavy atom. The Balaban J connectivity index is 0.782.